The van der Waals surface area contributed by atoms with Crippen molar-refractivity contribution >= 4 is 5.69 Å². The molecule has 0 radical (unpaired) electrons. The Kier molecular flexibility index (Phi) is 2.89. The van der Waals surface area contributed by atoms with Crippen LogP contribution in [0.1, 0.15) is 6.42 Å². The zero-order valence-electron chi connectivity index (χ0n) is 11.4. The number of nitrogens with one attached hydrogen (secondary N) is 1. The van der Waals surface area contributed by atoms with Crippen LogP contribution in [0.4, 0.5) is 5.69 Å². The number of pyridine rings is 2. The van der Waals surface area contributed by atoms with Crippen molar-refractivity contribution < 1.29 is 0 Å². The second-order valence-corrected chi connectivity index (χ2v) is 5.78. The molecule has 4 heterocycles. The molecular formula is C16H18N4. The van der Waals surface area contributed by atoms with E-state index in [1.807, 2.05) is 36.9 Å². The van der Waals surface area contributed by atoms with Crippen LogP contribution in [0.2, 0.25) is 0 Å². The summed E-state index contributed by atoms with van der Waals surface area (Å²) in [5.74, 6) is 0.790. The monoisotopic (exact) mass is 266 g/mol. The molecule has 2 aliphatic rings. The number of hydrogen-bond donors (Lipinski definition) is 1. The molecule has 0 amide bonds. The van der Waals surface area contributed by atoms with Crippen molar-refractivity contribution in [2.45, 2.75) is 12.5 Å². The SMILES string of the molecule is c1cc(-c2cncc(N3CC4CNC(C4)C3)c2)ccn1. The number of piperidine rings is 1. The summed E-state index contributed by atoms with van der Waals surface area (Å²) < 4.78 is 0. The molecule has 2 bridgehead atoms. The van der Waals surface area contributed by atoms with Crippen LogP contribution in [0.3, 0.4) is 0 Å². The topological polar surface area (TPSA) is 41.1 Å². The maximum atomic E-state index is 4.42. The van der Waals surface area contributed by atoms with Gasteiger partial charge in [-0.1, -0.05) is 0 Å². The first-order valence-electron chi connectivity index (χ1n) is 7.22. The van der Waals surface area contributed by atoms with Crippen LogP contribution in [0.5, 0.6) is 0 Å². The van der Waals surface area contributed by atoms with Gasteiger partial charge in [0.15, 0.2) is 0 Å². The molecular weight excluding hydrogens is 248 g/mol. The largest absolute Gasteiger partial charge is 0.368 e. The van der Waals surface area contributed by atoms with Crippen molar-refractivity contribution in [2.24, 2.45) is 5.92 Å². The summed E-state index contributed by atoms with van der Waals surface area (Å²) in [4.78, 5) is 11.0. The van der Waals surface area contributed by atoms with Gasteiger partial charge in [-0.2, -0.15) is 0 Å². The fraction of sp³-hybridized carbons (Fsp3) is 0.375. The highest BCUT2D eigenvalue weighted by molar-refractivity contribution is 5.66. The second kappa shape index (κ2) is 4.87. The quantitative estimate of drug-likeness (QED) is 0.902. The van der Waals surface area contributed by atoms with E-state index in [-0.39, 0.29) is 0 Å². The van der Waals surface area contributed by atoms with Gasteiger partial charge in [0, 0.05) is 49.8 Å². The van der Waals surface area contributed by atoms with Crippen LogP contribution in [0, 0.1) is 5.92 Å². The zero-order valence-corrected chi connectivity index (χ0v) is 11.4. The van der Waals surface area contributed by atoms with Crippen molar-refractivity contribution in [3.05, 3.63) is 43.0 Å². The van der Waals surface area contributed by atoms with E-state index in [0.29, 0.717) is 6.04 Å². The second-order valence-electron chi connectivity index (χ2n) is 5.78. The predicted octanol–water partition coefficient (Wildman–Crippen LogP) is 1.94. The summed E-state index contributed by atoms with van der Waals surface area (Å²) in [7, 11) is 0. The normalized spacial score (nSPS) is 24.9. The van der Waals surface area contributed by atoms with Gasteiger partial charge in [0.2, 0.25) is 0 Å². The van der Waals surface area contributed by atoms with Crippen LogP contribution in [0.25, 0.3) is 11.1 Å². The maximum absolute atomic E-state index is 4.42. The lowest BCUT2D eigenvalue weighted by Crippen LogP contribution is -2.41. The third-order valence-corrected chi connectivity index (χ3v) is 4.34. The minimum Gasteiger partial charge on any atom is -0.368 e. The van der Waals surface area contributed by atoms with Gasteiger partial charge < -0.3 is 10.2 Å². The molecule has 2 aliphatic heterocycles. The Morgan fingerprint density at radius 3 is 2.80 bits per heavy atom. The number of fused-ring (bicyclic) bond motifs is 2. The molecule has 102 valence electrons. The number of anilines is 1. The number of hydrogen-bond acceptors (Lipinski definition) is 4. The standard InChI is InChI=1S/C16H18N4/c1-3-17-4-2-13(1)14-6-16(9-18-8-14)20-10-12-5-15(11-20)19-7-12/h1-4,6,8-9,12,15,19H,5,7,10-11H2. The van der Waals surface area contributed by atoms with Gasteiger partial charge in [-0.05, 0) is 36.1 Å². The molecule has 2 unspecified atom stereocenters. The van der Waals surface area contributed by atoms with Crippen LogP contribution < -0.4 is 10.2 Å². The van der Waals surface area contributed by atoms with E-state index >= 15 is 0 Å². The molecule has 20 heavy (non-hydrogen) atoms. The molecule has 2 fully saturated rings. The Morgan fingerprint density at radius 2 is 1.95 bits per heavy atom. The molecule has 0 spiro atoms. The summed E-state index contributed by atoms with van der Waals surface area (Å²) in [6.07, 6.45) is 8.89. The summed E-state index contributed by atoms with van der Waals surface area (Å²) >= 11 is 0. The number of rotatable bonds is 2. The molecule has 2 atom stereocenters. The van der Waals surface area contributed by atoms with Crippen LogP contribution in [-0.2, 0) is 0 Å². The summed E-state index contributed by atoms with van der Waals surface area (Å²) in [6.45, 7) is 3.40. The van der Waals surface area contributed by atoms with E-state index in [4.69, 9.17) is 0 Å². The first-order chi connectivity index (χ1) is 9.88. The van der Waals surface area contributed by atoms with E-state index in [2.05, 4.69) is 26.3 Å². The lowest BCUT2D eigenvalue weighted by Gasteiger charge is -2.32. The Labute approximate surface area is 118 Å². The van der Waals surface area contributed by atoms with E-state index in [1.165, 1.54) is 24.2 Å². The summed E-state index contributed by atoms with van der Waals surface area (Å²) in [5.41, 5.74) is 3.57. The molecule has 0 aromatic carbocycles. The molecule has 4 rings (SSSR count). The first kappa shape index (κ1) is 11.9. The third kappa shape index (κ3) is 2.16. The molecule has 2 aromatic rings. The van der Waals surface area contributed by atoms with E-state index in [1.54, 1.807) is 0 Å². The van der Waals surface area contributed by atoms with Crippen molar-refractivity contribution in [1.29, 1.82) is 0 Å². The van der Waals surface area contributed by atoms with Crippen molar-refractivity contribution in [1.82, 2.24) is 15.3 Å². The van der Waals surface area contributed by atoms with E-state index < -0.39 is 0 Å². The minimum atomic E-state index is 0.651. The zero-order chi connectivity index (χ0) is 13.4. The Bertz CT molecular complexity index is 586. The van der Waals surface area contributed by atoms with Crippen molar-refractivity contribution in [2.75, 3.05) is 24.5 Å². The first-order valence-corrected chi connectivity index (χ1v) is 7.22. The van der Waals surface area contributed by atoms with E-state index in [9.17, 15) is 0 Å². The van der Waals surface area contributed by atoms with Crippen LogP contribution >= 0.6 is 0 Å². The highest BCUT2D eigenvalue weighted by Crippen LogP contribution is 2.29. The molecule has 4 nitrogen and oxygen atoms in total. The smallest absolute Gasteiger partial charge is 0.0559 e. The Hall–Kier alpha value is -1.94. The minimum absolute atomic E-state index is 0.651. The maximum Gasteiger partial charge on any atom is 0.0559 e. The van der Waals surface area contributed by atoms with Gasteiger partial charge in [0.25, 0.3) is 0 Å². The molecule has 0 saturated carbocycles. The van der Waals surface area contributed by atoms with Gasteiger partial charge in [0.1, 0.15) is 0 Å². The highest BCUT2D eigenvalue weighted by atomic mass is 15.2. The lowest BCUT2D eigenvalue weighted by molar-refractivity contribution is 0.474. The molecule has 2 saturated heterocycles. The van der Waals surface area contributed by atoms with Gasteiger partial charge in [-0.25, -0.2) is 0 Å². The Balaban J connectivity index is 1.63. The Morgan fingerprint density at radius 1 is 1.05 bits per heavy atom. The lowest BCUT2D eigenvalue weighted by atomic mass is 9.99. The van der Waals surface area contributed by atoms with Gasteiger partial charge in [-0.15, -0.1) is 0 Å². The fourth-order valence-electron chi connectivity index (χ4n) is 3.35. The average Bonchev–Trinajstić information content (AvgIpc) is 2.86. The molecule has 0 aliphatic carbocycles. The third-order valence-electron chi connectivity index (χ3n) is 4.34. The van der Waals surface area contributed by atoms with E-state index in [0.717, 1.165) is 24.6 Å². The summed E-state index contributed by atoms with van der Waals surface area (Å²) in [6, 6.07) is 6.95. The highest BCUT2D eigenvalue weighted by Gasteiger charge is 2.32. The predicted molar refractivity (Wildman–Crippen MR) is 79.6 cm³/mol. The average molecular weight is 266 g/mol. The molecule has 4 heteroatoms. The van der Waals surface area contributed by atoms with Crippen LogP contribution in [-0.4, -0.2) is 35.6 Å². The van der Waals surface area contributed by atoms with Crippen molar-refractivity contribution in [3.8, 4) is 11.1 Å². The fourth-order valence-corrected chi connectivity index (χ4v) is 3.35. The van der Waals surface area contributed by atoms with Gasteiger partial charge >= 0.3 is 0 Å². The van der Waals surface area contributed by atoms with Gasteiger partial charge in [0.05, 0.1) is 11.9 Å². The number of aromatic nitrogens is 2. The molecule has 2 aromatic heterocycles. The summed E-state index contributed by atoms with van der Waals surface area (Å²) in [5, 5.41) is 3.59. The molecule has 1 N–H and O–H groups in total. The van der Waals surface area contributed by atoms with Crippen LogP contribution in [0.15, 0.2) is 43.0 Å². The van der Waals surface area contributed by atoms with Crippen molar-refractivity contribution in [3.63, 3.8) is 0 Å². The number of nitrogens with zero attached hydrogens (tertiary/aromatic N) is 3. The van der Waals surface area contributed by atoms with Gasteiger partial charge in [-0.3, -0.25) is 9.97 Å².